The van der Waals surface area contributed by atoms with Crippen LogP contribution in [0, 0.1) is 12.8 Å². The van der Waals surface area contributed by atoms with Crippen molar-refractivity contribution in [2.24, 2.45) is 5.92 Å². The molecule has 0 aliphatic heterocycles. The summed E-state index contributed by atoms with van der Waals surface area (Å²) >= 11 is 0. The summed E-state index contributed by atoms with van der Waals surface area (Å²) < 4.78 is 4.88. The molecule has 2 amide bonds. The number of hydrogen-bond donors (Lipinski definition) is 2. The average molecular weight is 292 g/mol. The molecule has 5 heteroatoms. The van der Waals surface area contributed by atoms with Crippen molar-refractivity contribution in [3.8, 4) is 0 Å². The Morgan fingerprint density at radius 2 is 1.71 bits per heavy atom. The fraction of sp³-hybridized carbons (Fsp3) is 0.500. The maximum absolute atomic E-state index is 11.8. The van der Waals surface area contributed by atoms with E-state index in [0.29, 0.717) is 31.1 Å². The quantitative estimate of drug-likeness (QED) is 0.812. The van der Waals surface area contributed by atoms with Crippen molar-refractivity contribution in [1.82, 2.24) is 0 Å². The Morgan fingerprint density at radius 3 is 2.24 bits per heavy atom. The minimum atomic E-state index is -0.106. The number of ether oxygens (including phenoxy) is 1. The Balaban J connectivity index is 2.74. The predicted molar refractivity (Wildman–Crippen MR) is 84.4 cm³/mol. The Labute approximate surface area is 126 Å². The van der Waals surface area contributed by atoms with Gasteiger partial charge in [-0.2, -0.15) is 0 Å². The number of nitrogens with one attached hydrogen (secondary N) is 2. The van der Waals surface area contributed by atoms with Crippen molar-refractivity contribution in [3.05, 3.63) is 23.8 Å². The van der Waals surface area contributed by atoms with Gasteiger partial charge in [-0.1, -0.05) is 19.9 Å². The van der Waals surface area contributed by atoms with Gasteiger partial charge >= 0.3 is 0 Å². The molecule has 0 heterocycles. The number of amides is 2. The molecule has 0 saturated heterocycles. The molecule has 0 spiro atoms. The van der Waals surface area contributed by atoms with Crippen LogP contribution in [0.25, 0.3) is 0 Å². The first-order valence-corrected chi connectivity index (χ1v) is 7.12. The molecule has 0 aromatic heterocycles. The van der Waals surface area contributed by atoms with Crippen molar-refractivity contribution in [1.29, 1.82) is 0 Å². The molecule has 0 saturated carbocycles. The van der Waals surface area contributed by atoms with Crippen molar-refractivity contribution in [2.45, 2.75) is 33.6 Å². The van der Waals surface area contributed by atoms with Gasteiger partial charge in [-0.15, -0.1) is 0 Å². The van der Waals surface area contributed by atoms with Crippen LogP contribution >= 0.6 is 0 Å². The van der Waals surface area contributed by atoms with Gasteiger partial charge in [0.1, 0.15) is 0 Å². The number of hydrogen-bond acceptors (Lipinski definition) is 3. The highest BCUT2D eigenvalue weighted by Gasteiger charge is 2.10. The minimum Gasteiger partial charge on any atom is -0.384 e. The maximum Gasteiger partial charge on any atom is 0.226 e. The van der Waals surface area contributed by atoms with Gasteiger partial charge < -0.3 is 15.4 Å². The molecule has 1 aromatic carbocycles. The zero-order chi connectivity index (χ0) is 15.8. The third-order valence-electron chi connectivity index (χ3n) is 3.01. The summed E-state index contributed by atoms with van der Waals surface area (Å²) in [5.74, 6) is 0.184. The minimum absolute atomic E-state index is 0.0176. The first kappa shape index (κ1) is 17.2. The van der Waals surface area contributed by atoms with Crippen molar-refractivity contribution >= 4 is 23.2 Å². The molecular formula is C16H24N2O3. The van der Waals surface area contributed by atoms with Crippen LogP contribution in [0.2, 0.25) is 0 Å². The summed E-state index contributed by atoms with van der Waals surface area (Å²) in [6.07, 6.45) is 0.781. The smallest absolute Gasteiger partial charge is 0.226 e. The molecule has 0 radical (unpaired) electrons. The molecule has 0 bridgehead atoms. The lowest BCUT2D eigenvalue weighted by Crippen LogP contribution is -2.17. The summed E-state index contributed by atoms with van der Waals surface area (Å²) in [5, 5.41) is 5.71. The monoisotopic (exact) mass is 292 g/mol. The van der Waals surface area contributed by atoms with Crippen LogP contribution in [0.5, 0.6) is 0 Å². The molecule has 0 unspecified atom stereocenters. The SMILES string of the molecule is COCCC(=O)Nc1cccc(NC(=O)CC(C)C)c1C. The molecule has 1 aromatic rings. The summed E-state index contributed by atoms with van der Waals surface area (Å²) in [5.41, 5.74) is 2.28. The second kappa shape index (κ2) is 8.42. The maximum atomic E-state index is 11.8. The Kier molecular flexibility index (Phi) is 6.88. The first-order chi connectivity index (χ1) is 9.93. The topological polar surface area (TPSA) is 67.4 Å². The molecular weight excluding hydrogens is 268 g/mol. The van der Waals surface area contributed by atoms with Gasteiger partial charge in [-0.25, -0.2) is 0 Å². The van der Waals surface area contributed by atoms with Crippen LogP contribution in [0.3, 0.4) is 0 Å². The molecule has 21 heavy (non-hydrogen) atoms. The first-order valence-electron chi connectivity index (χ1n) is 7.12. The molecule has 0 aliphatic rings. The zero-order valence-electron chi connectivity index (χ0n) is 13.2. The summed E-state index contributed by atoms with van der Waals surface area (Å²) in [6, 6.07) is 5.46. The van der Waals surface area contributed by atoms with Gasteiger partial charge in [0.2, 0.25) is 11.8 Å². The van der Waals surface area contributed by atoms with Gasteiger partial charge in [-0.3, -0.25) is 9.59 Å². The second-order valence-corrected chi connectivity index (χ2v) is 5.42. The standard InChI is InChI=1S/C16H24N2O3/c1-11(2)10-16(20)18-14-7-5-6-13(12(14)3)17-15(19)8-9-21-4/h5-7,11H,8-10H2,1-4H3,(H,17,19)(H,18,20). The van der Waals surface area contributed by atoms with Crippen LogP contribution in [-0.2, 0) is 14.3 Å². The van der Waals surface area contributed by atoms with E-state index in [0.717, 1.165) is 11.3 Å². The molecule has 0 fully saturated rings. The third-order valence-corrected chi connectivity index (χ3v) is 3.01. The Morgan fingerprint density at radius 1 is 1.14 bits per heavy atom. The molecule has 5 nitrogen and oxygen atoms in total. The van der Waals surface area contributed by atoms with Crippen LogP contribution < -0.4 is 10.6 Å². The Hall–Kier alpha value is -1.88. The summed E-state index contributed by atoms with van der Waals surface area (Å²) in [7, 11) is 1.56. The number of anilines is 2. The summed E-state index contributed by atoms with van der Waals surface area (Å²) in [4.78, 5) is 23.6. The number of rotatable bonds is 7. The highest BCUT2D eigenvalue weighted by atomic mass is 16.5. The van der Waals surface area contributed by atoms with Crippen LogP contribution in [0.1, 0.15) is 32.3 Å². The Bertz CT molecular complexity index is 498. The van der Waals surface area contributed by atoms with E-state index in [1.165, 1.54) is 0 Å². The molecule has 116 valence electrons. The highest BCUT2D eigenvalue weighted by molar-refractivity contribution is 5.95. The fourth-order valence-electron chi connectivity index (χ4n) is 1.89. The van der Waals surface area contributed by atoms with Crippen molar-refractivity contribution < 1.29 is 14.3 Å². The van der Waals surface area contributed by atoms with Crippen LogP contribution in [0.15, 0.2) is 18.2 Å². The average Bonchev–Trinajstić information content (AvgIpc) is 2.40. The predicted octanol–water partition coefficient (Wildman–Crippen LogP) is 2.95. The van der Waals surface area contributed by atoms with E-state index in [2.05, 4.69) is 10.6 Å². The van der Waals surface area contributed by atoms with Crippen molar-refractivity contribution in [2.75, 3.05) is 24.4 Å². The largest absolute Gasteiger partial charge is 0.384 e. The van der Waals surface area contributed by atoms with Gasteiger partial charge in [0.25, 0.3) is 0 Å². The second-order valence-electron chi connectivity index (χ2n) is 5.42. The van der Waals surface area contributed by atoms with Gasteiger partial charge in [0, 0.05) is 24.9 Å². The molecule has 0 atom stereocenters. The lowest BCUT2D eigenvalue weighted by atomic mass is 10.1. The molecule has 1 rings (SSSR count). The van der Waals surface area contributed by atoms with E-state index >= 15 is 0 Å². The fourth-order valence-corrected chi connectivity index (χ4v) is 1.89. The number of benzene rings is 1. The van der Waals surface area contributed by atoms with Crippen LogP contribution in [0.4, 0.5) is 11.4 Å². The lowest BCUT2D eigenvalue weighted by molar-refractivity contribution is -0.117. The third kappa shape index (κ3) is 5.95. The van der Waals surface area contributed by atoms with Gasteiger partial charge in [0.15, 0.2) is 0 Å². The number of methoxy groups -OCH3 is 1. The van der Waals surface area contributed by atoms with Crippen LogP contribution in [-0.4, -0.2) is 25.5 Å². The van der Waals surface area contributed by atoms with Gasteiger partial charge in [-0.05, 0) is 30.5 Å². The molecule has 0 aliphatic carbocycles. The van der Waals surface area contributed by atoms with Crippen molar-refractivity contribution in [3.63, 3.8) is 0 Å². The lowest BCUT2D eigenvalue weighted by Gasteiger charge is -2.14. The van der Waals surface area contributed by atoms with E-state index in [4.69, 9.17) is 4.74 Å². The van der Waals surface area contributed by atoms with E-state index in [1.807, 2.05) is 39.0 Å². The van der Waals surface area contributed by atoms with E-state index in [-0.39, 0.29) is 11.8 Å². The van der Waals surface area contributed by atoms with E-state index < -0.39 is 0 Å². The number of carbonyl (C=O) groups excluding carboxylic acids is 2. The van der Waals surface area contributed by atoms with Gasteiger partial charge in [0.05, 0.1) is 13.0 Å². The zero-order valence-corrected chi connectivity index (χ0v) is 13.2. The van der Waals surface area contributed by atoms with E-state index in [9.17, 15) is 9.59 Å². The number of carbonyl (C=O) groups is 2. The summed E-state index contributed by atoms with van der Waals surface area (Å²) in [6.45, 7) is 6.25. The highest BCUT2D eigenvalue weighted by Crippen LogP contribution is 2.23. The normalized spacial score (nSPS) is 10.5. The van der Waals surface area contributed by atoms with E-state index in [1.54, 1.807) is 7.11 Å². The molecule has 2 N–H and O–H groups in total.